The number of hydrogen-bond acceptors (Lipinski definition) is 4. The summed E-state index contributed by atoms with van der Waals surface area (Å²) in [7, 11) is 0. The van der Waals surface area contributed by atoms with Gasteiger partial charge in [0, 0.05) is 18.0 Å². The predicted molar refractivity (Wildman–Crippen MR) is 122 cm³/mol. The van der Waals surface area contributed by atoms with Crippen LogP contribution in [-0.2, 0) is 11.3 Å². The Balaban J connectivity index is 2.09. The Hall–Kier alpha value is -3.33. The molecule has 0 saturated carbocycles. The number of ether oxygens (including phenoxy) is 3. The van der Waals surface area contributed by atoms with E-state index >= 15 is 0 Å². The molecule has 0 bridgehead atoms. The van der Waals surface area contributed by atoms with Crippen LogP contribution in [0.1, 0.15) is 32.0 Å². The van der Waals surface area contributed by atoms with E-state index in [1.807, 2.05) is 6.92 Å². The molecule has 3 rings (SSSR count). The number of carboxylic acids is 1. The third-order valence-electron chi connectivity index (χ3n) is 5.13. The molecule has 1 heterocycles. The molecule has 0 amide bonds. The van der Waals surface area contributed by atoms with Crippen molar-refractivity contribution in [2.24, 2.45) is 0 Å². The normalized spacial score (nSPS) is 13.1. The lowest BCUT2D eigenvalue weighted by Gasteiger charge is -2.15. The largest absolute Gasteiger partial charge is 0.573 e. The number of halogens is 4. The maximum Gasteiger partial charge on any atom is 0.573 e. The second-order valence-corrected chi connectivity index (χ2v) is 8.00. The van der Waals surface area contributed by atoms with E-state index in [0.29, 0.717) is 33.7 Å². The van der Waals surface area contributed by atoms with Crippen molar-refractivity contribution >= 4 is 28.5 Å². The van der Waals surface area contributed by atoms with Crippen molar-refractivity contribution in [3.05, 3.63) is 64.5 Å². The number of carbonyl (C=O) groups is 1. The van der Waals surface area contributed by atoms with E-state index in [-0.39, 0.29) is 23.1 Å². The van der Waals surface area contributed by atoms with Gasteiger partial charge < -0.3 is 23.9 Å². The van der Waals surface area contributed by atoms with Gasteiger partial charge in [0.05, 0.1) is 22.0 Å². The lowest BCUT2D eigenvalue weighted by Crippen LogP contribution is -2.23. The third kappa shape index (κ3) is 5.77. The third-order valence-corrected chi connectivity index (χ3v) is 5.44. The zero-order chi connectivity index (χ0) is 25.2. The maximum absolute atomic E-state index is 12.8. The zero-order valence-corrected chi connectivity index (χ0v) is 19.6. The number of hydrogen-bond donors (Lipinski definition) is 1. The molecule has 182 valence electrons. The molecule has 0 aliphatic carbocycles. The molecule has 0 aliphatic heterocycles. The number of rotatable bonds is 8. The monoisotopic (exact) mass is 497 g/mol. The molecular formula is C24H23ClF3NO5. The van der Waals surface area contributed by atoms with Crippen LogP contribution < -0.4 is 14.2 Å². The van der Waals surface area contributed by atoms with Crippen LogP contribution in [0.3, 0.4) is 0 Å². The smallest absolute Gasteiger partial charge is 0.479 e. The first-order valence-electron chi connectivity index (χ1n) is 10.3. The zero-order valence-electron chi connectivity index (χ0n) is 18.9. The molecule has 0 fully saturated rings. The molecule has 1 aromatic heterocycles. The summed E-state index contributed by atoms with van der Waals surface area (Å²) < 4.78 is 55.7. The Labute approximate surface area is 199 Å². The van der Waals surface area contributed by atoms with Gasteiger partial charge in [0.1, 0.15) is 11.5 Å². The van der Waals surface area contributed by atoms with Crippen molar-refractivity contribution in [3.8, 4) is 17.2 Å². The summed E-state index contributed by atoms with van der Waals surface area (Å²) in [4.78, 5) is 11.1. The van der Waals surface area contributed by atoms with Crippen LogP contribution in [0.25, 0.3) is 10.9 Å². The van der Waals surface area contributed by atoms with E-state index in [2.05, 4.69) is 4.74 Å². The fourth-order valence-electron chi connectivity index (χ4n) is 3.33. The highest BCUT2D eigenvalue weighted by atomic mass is 35.5. The number of aromatic nitrogens is 1. The van der Waals surface area contributed by atoms with Gasteiger partial charge >= 0.3 is 12.3 Å². The average molecular weight is 498 g/mol. The van der Waals surface area contributed by atoms with Crippen LogP contribution in [-0.4, -0.2) is 28.1 Å². The second kappa shape index (κ2) is 9.89. The molecule has 34 heavy (non-hydrogen) atoms. The van der Waals surface area contributed by atoms with Crippen LogP contribution >= 0.6 is 11.6 Å². The van der Waals surface area contributed by atoms with Crippen molar-refractivity contribution in [1.29, 1.82) is 0 Å². The van der Waals surface area contributed by atoms with Crippen LogP contribution in [0.4, 0.5) is 13.2 Å². The lowest BCUT2D eigenvalue weighted by molar-refractivity contribution is -0.274. The van der Waals surface area contributed by atoms with Gasteiger partial charge in [-0.15, -0.1) is 13.2 Å². The summed E-state index contributed by atoms with van der Waals surface area (Å²) >= 11 is 6.16. The fourth-order valence-corrected chi connectivity index (χ4v) is 3.50. The Morgan fingerprint density at radius 1 is 1.24 bits per heavy atom. The van der Waals surface area contributed by atoms with E-state index in [0.717, 1.165) is 0 Å². The molecule has 0 aliphatic rings. The van der Waals surface area contributed by atoms with Gasteiger partial charge in [0.25, 0.3) is 0 Å². The van der Waals surface area contributed by atoms with Gasteiger partial charge in [-0.3, -0.25) is 0 Å². The van der Waals surface area contributed by atoms with Gasteiger partial charge in [-0.05, 0) is 63.6 Å². The summed E-state index contributed by atoms with van der Waals surface area (Å²) in [5.41, 5.74) is 1.83. The Morgan fingerprint density at radius 3 is 2.56 bits per heavy atom. The number of alkyl halides is 3. The van der Waals surface area contributed by atoms with Crippen molar-refractivity contribution in [2.45, 2.75) is 46.7 Å². The topological polar surface area (TPSA) is 69.9 Å². The molecule has 3 aromatic rings. The molecule has 0 radical (unpaired) electrons. The van der Waals surface area contributed by atoms with Crippen LogP contribution in [0.5, 0.6) is 17.2 Å². The quantitative estimate of drug-likeness (QED) is 0.350. The molecule has 1 unspecified atom stereocenters. The van der Waals surface area contributed by atoms with E-state index in [9.17, 15) is 18.0 Å². The van der Waals surface area contributed by atoms with Crippen molar-refractivity contribution < 1.29 is 37.3 Å². The molecule has 1 N–H and O–H groups in total. The molecule has 1 atom stereocenters. The molecule has 0 saturated heterocycles. The lowest BCUT2D eigenvalue weighted by atomic mass is 10.2. The van der Waals surface area contributed by atoms with Crippen molar-refractivity contribution in [3.63, 3.8) is 0 Å². The van der Waals surface area contributed by atoms with Crippen molar-refractivity contribution in [1.82, 2.24) is 4.57 Å². The number of nitrogens with zero attached hydrogens (tertiary/aromatic N) is 1. The van der Waals surface area contributed by atoms with E-state index in [4.69, 9.17) is 26.2 Å². The highest BCUT2D eigenvalue weighted by molar-refractivity contribution is 6.32. The Morgan fingerprint density at radius 2 is 1.94 bits per heavy atom. The molecule has 2 aromatic carbocycles. The Bertz CT molecular complexity index is 1250. The number of fused-ring (bicyclic) bond motifs is 1. The van der Waals surface area contributed by atoms with E-state index < -0.39 is 18.4 Å². The van der Waals surface area contributed by atoms with Crippen LogP contribution in [0, 0.1) is 6.92 Å². The molecule has 6 nitrogen and oxygen atoms in total. The molecule has 0 spiro atoms. The Kier molecular flexibility index (Phi) is 7.35. The fraction of sp³-hybridized carbons (Fsp3) is 0.292. The number of aliphatic carboxylic acids is 1. The summed E-state index contributed by atoms with van der Waals surface area (Å²) in [6, 6.07) is 8.94. The summed E-state index contributed by atoms with van der Waals surface area (Å²) in [5, 5.41) is 9.96. The summed E-state index contributed by atoms with van der Waals surface area (Å²) in [6.07, 6.45) is -4.17. The highest BCUT2D eigenvalue weighted by Gasteiger charge is 2.31. The minimum atomic E-state index is -4.83. The minimum Gasteiger partial charge on any atom is -0.479 e. The number of carboxylic acid groups (broad SMARTS) is 1. The first-order valence-corrected chi connectivity index (χ1v) is 10.6. The first-order chi connectivity index (χ1) is 15.9. The van der Waals surface area contributed by atoms with Gasteiger partial charge in [-0.1, -0.05) is 17.7 Å². The van der Waals surface area contributed by atoms with Crippen molar-refractivity contribution in [2.75, 3.05) is 0 Å². The average Bonchev–Trinajstić information content (AvgIpc) is 2.99. The molecule has 10 heteroatoms. The number of allylic oxidation sites excluding steroid dienone is 2. The van der Waals surface area contributed by atoms with E-state index in [1.165, 1.54) is 25.1 Å². The minimum absolute atomic E-state index is 0.186. The predicted octanol–water partition coefficient (Wildman–Crippen LogP) is 6.70. The summed E-state index contributed by atoms with van der Waals surface area (Å²) in [5.74, 6) is -0.183. The van der Waals surface area contributed by atoms with Gasteiger partial charge in [0.15, 0.2) is 11.9 Å². The summed E-state index contributed by atoms with van der Waals surface area (Å²) in [6.45, 7) is 6.99. The SMILES string of the molecule is C/C=C(\C)Oc1c(C)n(Cc2ccc(Cl)c(OC(C)C(=O)O)c2)c2cc(OC(F)(F)F)ccc12. The molecular weight excluding hydrogens is 475 g/mol. The maximum atomic E-state index is 12.8. The van der Waals surface area contributed by atoms with Gasteiger partial charge in [-0.2, -0.15) is 0 Å². The van der Waals surface area contributed by atoms with Crippen LogP contribution in [0.15, 0.2) is 48.2 Å². The van der Waals surface area contributed by atoms with Gasteiger partial charge in [0.2, 0.25) is 0 Å². The standard InChI is InChI=1S/C24H23ClF3NO5/c1-5-13(2)32-22-14(3)29(20-11-17(7-8-18(20)22)34-24(26,27)28)12-16-6-9-19(25)21(10-16)33-15(4)23(30)31/h5-11,15H,12H2,1-4H3,(H,30,31)/b13-5+. The van der Waals surface area contributed by atoms with Gasteiger partial charge in [-0.25, -0.2) is 4.79 Å². The van der Waals surface area contributed by atoms with E-state index in [1.54, 1.807) is 42.7 Å². The first kappa shape index (κ1) is 25.3. The highest BCUT2D eigenvalue weighted by Crippen LogP contribution is 2.38. The van der Waals surface area contributed by atoms with Crippen LogP contribution in [0.2, 0.25) is 5.02 Å². The second-order valence-electron chi connectivity index (χ2n) is 7.59. The number of benzene rings is 2.